The molecule has 2 aromatic carbocycles. The average molecular weight is 455 g/mol. The van der Waals surface area contributed by atoms with Crippen molar-refractivity contribution in [2.45, 2.75) is 44.9 Å². The fourth-order valence-electron chi connectivity index (χ4n) is 4.96. The summed E-state index contributed by atoms with van der Waals surface area (Å²) in [5, 5.41) is 8.99. The lowest BCUT2D eigenvalue weighted by Gasteiger charge is -2.39. The Balaban J connectivity index is 1.34. The van der Waals surface area contributed by atoms with Crippen LogP contribution in [0.25, 0.3) is 11.3 Å². The molecule has 6 heteroatoms. The van der Waals surface area contributed by atoms with E-state index in [-0.39, 0.29) is 11.3 Å². The summed E-state index contributed by atoms with van der Waals surface area (Å²) in [5.41, 5.74) is 6.62. The molecule has 174 valence electrons. The summed E-state index contributed by atoms with van der Waals surface area (Å²) < 4.78 is 5.56. The number of likely N-dealkylation sites (tertiary alicyclic amines) is 1. The van der Waals surface area contributed by atoms with Gasteiger partial charge in [0.15, 0.2) is 0 Å². The molecule has 2 fully saturated rings. The largest absolute Gasteiger partial charge is 0.381 e. The highest BCUT2D eigenvalue weighted by molar-refractivity contribution is 5.96. The van der Waals surface area contributed by atoms with E-state index in [4.69, 9.17) is 15.0 Å². The van der Waals surface area contributed by atoms with Crippen LogP contribution in [-0.2, 0) is 10.2 Å². The molecule has 0 unspecified atom stereocenters. The number of nitrogens with zero attached hydrogens (tertiary/aromatic N) is 3. The van der Waals surface area contributed by atoms with E-state index in [1.165, 1.54) is 5.56 Å². The first kappa shape index (κ1) is 22.4. The Bertz CT molecular complexity index is 1260. The van der Waals surface area contributed by atoms with Crippen LogP contribution in [0, 0.1) is 25.2 Å². The Morgan fingerprint density at radius 2 is 1.85 bits per heavy atom. The highest BCUT2D eigenvalue weighted by Gasteiger charge is 2.34. The molecule has 2 saturated heterocycles. The molecular weight excluding hydrogens is 424 g/mol. The standard InChI is InChI=1S/C28H30N4O2/c1-18-4-7-22(26(33)32-16-23(17-32)21-8-5-20(15-29)6-9-21)14-24(18)25-19(2)30-27(31-25)28(3)10-12-34-13-11-28/h4-9,14,23H,10-13,16-17H2,1-3H3,(H,30,31). The van der Waals surface area contributed by atoms with Crippen LogP contribution in [0.1, 0.15) is 64.2 Å². The zero-order valence-electron chi connectivity index (χ0n) is 20.0. The zero-order chi connectivity index (χ0) is 23.9. The molecule has 34 heavy (non-hydrogen) atoms. The second-order valence-electron chi connectivity index (χ2n) is 9.89. The predicted molar refractivity (Wildman–Crippen MR) is 131 cm³/mol. The van der Waals surface area contributed by atoms with Gasteiger partial charge < -0.3 is 14.6 Å². The van der Waals surface area contributed by atoms with Gasteiger partial charge in [-0.05, 0) is 62.1 Å². The zero-order valence-corrected chi connectivity index (χ0v) is 20.0. The van der Waals surface area contributed by atoms with E-state index in [2.05, 4.69) is 24.9 Å². The second-order valence-corrected chi connectivity index (χ2v) is 9.89. The van der Waals surface area contributed by atoms with Crippen LogP contribution in [0.5, 0.6) is 0 Å². The van der Waals surface area contributed by atoms with E-state index in [1.807, 2.05) is 54.3 Å². The first-order chi connectivity index (χ1) is 16.4. The molecule has 2 aliphatic heterocycles. The number of H-pyrrole nitrogens is 1. The average Bonchev–Trinajstić information content (AvgIpc) is 3.21. The molecule has 0 radical (unpaired) electrons. The molecule has 0 atom stereocenters. The first-order valence-electron chi connectivity index (χ1n) is 11.9. The molecule has 0 bridgehead atoms. The number of aromatic nitrogens is 2. The lowest BCUT2D eigenvalue weighted by Crippen LogP contribution is -2.48. The molecule has 2 aliphatic rings. The van der Waals surface area contributed by atoms with E-state index >= 15 is 0 Å². The number of nitriles is 1. The van der Waals surface area contributed by atoms with Crippen molar-refractivity contribution < 1.29 is 9.53 Å². The van der Waals surface area contributed by atoms with Crippen LogP contribution in [-0.4, -0.2) is 47.1 Å². The summed E-state index contributed by atoms with van der Waals surface area (Å²) >= 11 is 0. The van der Waals surface area contributed by atoms with Crippen molar-refractivity contribution in [3.05, 3.63) is 76.2 Å². The van der Waals surface area contributed by atoms with Gasteiger partial charge in [-0.2, -0.15) is 5.26 Å². The number of amides is 1. The van der Waals surface area contributed by atoms with Crippen LogP contribution in [0.2, 0.25) is 0 Å². The van der Waals surface area contributed by atoms with Crippen LogP contribution < -0.4 is 0 Å². The topological polar surface area (TPSA) is 82.0 Å². The molecule has 1 amide bonds. The molecule has 6 nitrogen and oxygen atoms in total. The van der Waals surface area contributed by atoms with Crippen molar-refractivity contribution in [1.29, 1.82) is 5.26 Å². The number of nitrogens with one attached hydrogen (secondary N) is 1. The van der Waals surface area contributed by atoms with Gasteiger partial charge >= 0.3 is 0 Å². The minimum Gasteiger partial charge on any atom is -0.381 e. The van der Waals surface area contributed by atoms with E-state index in [9.17, 15) is 4.79 Å². The van der Waals surface area contributed by atoms with Crippen molar-refractivity contribution in [1.82, 2.24) is 14.9 Å². The number of rotatable bonds is 4. The van der Waals surface area contributed by atoms with E-state index in [0.29, 0.717) is 30.1 Å². The summed E-state index contributed by atoms with van der Waals surface area (Å²) in [7, 11) is 0. The van der Waals surface area contributed by atoms with Gasteiger partial charge in [0.05, 0.1) is 23.0 Å². The summed E-state index contributed by atoms with van der Waals surface area (Å²) in [4.78, 5) is 23.6. The Hall–Kier alpha value is -3.43. The van der Waals surface area contributed by atoms with Crippen LogP contribution in [0.4, 0.5) is 0 Å². The number of hydrogen-bond donors (Lipinski definition) is 1. The van der Waals surface area contributed by atoms with Crippen LogP contribution >= 0.6 is 0 Å². The minimum atomic E-state index is -0.0132. The minimum absolute atomic E-state index is 0.0132. The van der Waals surface area contributed by atoms with Gasteiger partial charge in [-0.3, -0.25) is 4.79 Å². The van der Waals surface area contributed by atoms with Crippen LogP contribution in [0.3, 0.4) is 0 Å². The van der Waals surface area contributed by atoms with Gasteiger partial charge in [-0.25, -0.2) is 4.98 Å². The Morgan fingerprint density at radius 3 is 2.53 bits per heavy atom. The fraction of sp³-hybridized carbons (Fsp3) is 0.393. The first-order valence-corrected chi connectivity index (χ1v) is 11.9. The lowest BCUT2D eigenvalue weighted by molar-refractivity contribution is 0.0538. The number of hydrogen-bond acceptors (Lipinski definition) is 4. The van der Waals surface area contributed by atoms with Gasteiger partial charge in [0.1, 0.15) is 5.82 Å². The molecular formula is C28H30N4O2. The second kappa shape index (κ2) is 8.73. The molecule has 3 heterocycles. The van der Waals surface area contributed by atoms with Gasteiger partial charge in [0.25, 0.3) is 5.91 Å². The summed E-state index contributed by atoms with van der Waals surface area (Å²) in [6, 6.07) is 15.8. The Morgan fingerprint density at radius 1 is 1.15 bits per heavy atom. The number of carbonyl (C=O) groups is 1. The van der Waals surface area contributed by atoms with Gasteiger partial charge in [0.2, 0.25) is 0 Å². The third-order valence-corrected chi connectivity index (χ3v) is 7.49. The van der Waals surface area contributed by atoms with Crippen molar-refractivity contribution in [2.75, 3.05) is 26.3 Å². The number of benzene rings is 2. The normalized spacial score (nSPS) is 17.8. The van der Waals surface area contributed by atoms with E-state index in [0.717, 1.165) is 54.4 Å². The smallest absolute Gasteiger partial charge is 0.253 e. The Labute approximate surface area is 200 Å². The number of aryl methyl sites for hydroxylation is 2. The monoisotopic (exact) mass is 454 g/mol. The molecule has 0 spiro atoms. The van der Waals surface area contributed by atoms with Crippen molar-refractivity contribution in [3.63, 3.8) is 0 Å². The molecule has 3 aromatic rings. The third kappa shape index (κ3) is 4.01. The Kier molecular flexibility index (Phi) is 5.75. The molecule has 0 aliphatic carbocycles. The maximum atomic E-state index is 13.2. The van der Waals surface area contributed by atoms with Crippen LogP contribution in [0.15, 0.2) is 42.5 Å². The number of imidazole rings is 1. The van der Waals surface area contributed by atoms with Crippen molar-refractivity contribution in [3.8, 4) is 17.3 Å². The molecule has 1 N–H and O–H groups in total. The molecule has 1 aromatic heterocycles. The third-order valence-electron chi connectivity index (χ3n) is 7.49. The number of carbonyl (C=O) groups excluding carboxylic acids is 1. The van der Waals surface area contributed by atoms with Crippen molar-refractivity contribution in [2.24, 2.45) is 0 Å². The highest BCUT2D eigenvalue weighted by atomic mass is 16.5. The number of ether oxygens (including phenoxy) is 1. The molecule has 5 rings (SSSR count). The quantitative estimate of drug-likeness (QED) is 0.610. The predicted octanol–water partition coefficient (Wildman–Crippen LogP) is 4.87. The molecule has 0 saturated carbocycles. The van der Waals surface area contributed by atoms with Gasteiger partial charge in [-0.1, -0.05) is 25.1 Å². The van der Waals surface area contributed by atoms with Gasteiger partial charge in [0, 0.05) is 48.8 Å². The fourth-order valence-corrected chi connectivity index (χ4v) is 4.96. The van der Waals surface area contributed by atoms with E-state index < -0.39 is 0 Å². The number of aromatic amines is 1. The maximum absolute atomic E-state index is 13.2. The van der Waals surface area contributed by atoms with Crippen molar-refractivity contribution >= 4 is 5.91 Å². The summed E-state index contributed by atoms with van der Waals surface area (Å²) in [6.45, 7) is 9.26. The maximum Gasteiger partial charge on any atom is 0.253 e. The summed E-state index contributed by atoms with van der Waals surface area (Å²) in [5.74, 6) is 1.38. The lowest BCUT2D eigenvalue weighted by atomic mass is 9.82. The van der Waals surface area contributed by atoms with Gasteiger partial charge in [-0.15, -0.1) is 0 Å². The highest BCUT2D eigenvalue weighted by Crippen LogP contribution is 2.36. The van der Waals surface area contributed by atoms with E-state index in [1.54, 1.807) is 0 Å². The SMILES string of the molecule is Cc1ccc(C(=O)N2CC(c3ccc(C#N)cc3)C2)cc1-c1[nH]c(C2(C)CCOCC2)nc1C. The summed E-state index contributed by atoms with van der Waals surface area (Å²) in [6.07, 6.45) is 1.90.